The molecular weight excluding hydrogens is 254 g/mol. The van der Waals surface area contributed by atoms with Gasteiger partial charge in [0.25, 0.3) is 5.91 Å². The van der Waals surface area contributed by atoms with Crippen molar-refractivity contribution < 1.29 is 14.6 Å². The Labute approximate surface area is 112 Å². The van der Waals surface area contributed by atoms with Crippen LogP contribution in [-0.4, -0.2) is 41.7 Å². The zero-order chi connectivity index (χ0) is 13.8. The highest BCUT2D eigenvalue weighted by Gasteiger charge is 2.32. The lowest BCUT2D eigenvalue weighted by Gasteiger charge is -2.29. The predicted octanol–water partition coefficient (Wildman–Crippen LogP) is 1.95. The Balaban J connectivity index is 2.74. The predicted molar refractivity (Wildman–Crippen MR) is 70.9 cm³/mol. The molecule has 1 N–H and O–H groups in total. The van der Waals surface area contributed by atoms with E-state index in [0.717, 1.165) is 0 Å². The molecule has 0 saturated heterocycles. The minimum Gasteiger partial charge on any atom is -0.478 e. The minimum absolute atomic E-state index is 0.0702. The monoisotopic (exact) mass is 271 g/mol. The molecule has 0 bridgehead atoms. The van der Waals surface area contributed by atoms with Crippen molar-refractivity contribution >= 4 is 17.5 Å². The molecule has 1 rings (SSSR count). The number of hydrogen-bond acceptors (Lipinski definition) is 3. The molecule has 0 saturated carbocycles. The van der Waals surface area contributed by atoms with Crippen LogP contribution in [0.4, 0.5) is 0 Å². The Bertz CT molecular complexity index is 403. The molecule has 100 valence electrons. The van der Waals surface area contributed by atoms with Crippen LogP contribution in [0, 0.1) is 0 Å². The third-order valence-corrected chi connectivity index (χ3v) is 2.74. The largest absolute Gasteiger partial charge is 0.478 e. The number of aliphatic hydroxyl groups is 1. The number of benzene rings is 1. The molecular formula is C13H18ClNO3. The van der Waals surface area contributed by atoms with E-state index in [-0.39, 0.29) is 19.1 Å². The van der Waals surface area contributed by atoms with E-state index in [4.69, 9.17) is 21.4 Å². The summed E-state index contributed by atoms with van der Waals surface area (Å²) in [5, 5.41) is 9.44. The number of rotatable bonds is 5. The van der Waals surface area contributed by atoms with Gasteiger partial charge in [0.2, 0.25) is 0 Å². The second-order valence-electron chi connectivity index (χ2n) is 4.52. The molecule has 18 heavy (non-hydrogen) atoms. The number of amides is 1. The topological polar surface area (TPSA) is 49.8 Å². The minimum atomic E-state index is -0.988. The van der Waals surface area contributed by atoms with Crippen molar-refractivity contribution in [2.75, 3.05) is 20.2 Å². The van der Waals surface area contributed by atoms with Crippen LogP contribution in [0.3, 0.4) is 0 Å². The van der Waals surface area contributed by atoms with E-state index in [9.17, 15) is 4.79 Å². The van der Waals surface area contributed by atoms with Crippen molar-refractivity contribution in [3.8, 4) is 5.75 Å². The maximum Gasteiger partial charge on any atom is 0.265 e. The third kappa shape index (κ3) is 3.89. The highest BCUT2D eigenvalue weighted by molar-refractivity contribution is 6.30. The number of carbonyl (C=O) groups excluding carboxylic acids is 1. The quantitative estimate of drug-likeness (QED) is 0.891. The first kappa shape index (κ1) is 14.8. The summed E-state index contributed by atoms with van der Waals surface area (Å²) in [5.74, 6) is 0.390. The molecule has 0 unspecified atom stereocenters. The van der Waals surface area contributed by atoms with Crippen LogP contribution >= 0.6 is 11.6 Å². The van der Waals surface area contributed by atoms with Crippen LogP contribution in [0.2, 0.25) is 5.02 Å². The van der Waals surface area contributed by atoms with E-state index in [1.54, 1.807) is 45.2 Å². The molecule has 0 fully saturated rings. The summed E-state index contributed by atoms with van der Waals surface area (Å²) in [6, 6.07) is 6.83. The number of nitrogens with zero attached hydrogens (tertiary/aromatic N) is 1. The Morgan fingerprint density at radius 2 is 1.94 bits per heavy atom. The Morgan fingerprint density at radius 1 is 1.39 bits per heavy atom. The van der Waals surface area contributed by atoms with Crippen molar-refractivity contribution in [1.82, 2.24) is 4.90 Å². The first-order chi connectivity index (χ1) is 8.36. The summed E-state index contributed by atoms with van der Waals surface area (Å²) in [6.07, 6.45) is 0. The number of ether oxygens (including phenoxy) is 1. The van der Waals surface area contributed by atoms with E-state index < -0.39 is 5.60 Å². The fraction of sp³-hybridized carbons (Fsp3) is 0.462. The SMILES string of the molecule is CN(CCO)C(=O)C(C)(C)Oc1ccc(Cl)cc1. The van der Waals surface area contributed by atoms with Crippen LogP contribution in [0.1, 0.15) is 13.8 Å². The summed E-state index contributed by atoms with van der Waals surface area (Å²) >= 11 is 5.78. The van der Waals surface area contributed by atoms with Gasteiger partial charge in [0.05, 0.1) is 6.61 Å². The molecule has 0 aliphatic heterocycles. The lowest BCUT2D eigenvalue weighted by Crippen LogP contribution is -2.48. The summed E-state index contributed by atoms with van der Waals surface area (Å²) in [4.78, 5) is 13.5. The maximum absolute atomic E-state index is 12.1. The van der Waals surface area contributed by atoms with Gasteiger partial charge in [-0.1, -0.05) is 11.6 Å². The van der Waals surface area contributed by atoms with Crippen molar-refractivity contribution in [2.45, 2.75) is 19.4 Å². The number of carbonyl (C=O) groups is 1. The molecule has 5 heteroatoms. The molecule has 0 spiro atoms. The van der Waals surface area contributed by atoms with Gasteiger partial charge in [-0.05, 0) is 38.1 Å². The van der Waals surface area contributed by atoms with Crippen molar-refractivity contribution in [1.29, 1.82) is 0 Å². The standard InChI is InChI=1S/C13H18ClNO3/c1-13(2,12(17)15(3)8-9-16)18-11-6-4-10(14)5-7-11/h4-7,16H,8-9H2,1-3H3. The number of halogens is 1. The van der Waals surface area contributed by atoms with Gasteiger partial charge in [-0.3, -0.25) is 4.79 Å². The average molecular weight is 272 g/mol. The molecule has 0 atom stereocenters. The Kier molecular flexibility index (Phi) is 4.99. The maximum atomic E-state index is 12.1. The average Bonchev–Trinajstić information content (AvgIpc) is 2.31. The molecule has 0 radical (unpaired) electrons. The normalized spacial score (nSPS) is 11.2. The highest BCUT2D eigenvalue weighted by atomic mass is 35.5. The van der Waals surface area contributed by atoms with Gasteiger partial charge in [-0.2, -0.15) is 0 Å². The van der Waals surface area contributed by atoms with E-state index >= 15 is 0 Å². The smallest absolute Gasteiger partial charge is 0.265 e. The molecule has 1 amide bonds. The number of aliphatic hydroxyl groups excluding tert-OH is 1. The van der Waals surface area contributed by atoms with Crippen LogP contribution in [0.5, 0.6) is 5.75 Å². The van der Waals surface area contributed by atoms with E-state index in [1.807, 2.05) is 0 Å². The zero-order valence-electron chi connectivity index (χ0n) is 10.8. The lowest BCUT2D eigenvalue weighted by atomic mass is 10.1. The van der Waals surface area contributed by atoms with Crippen LogP contribution in [0.15, 0.2) is 24.3 Å². The third-order valence-electron chi connectivity index (χ3n) is 2.48. The molecule has 0 heterocycles. The van der Waals surface area contributed by atoms with Crippen LogP contribution < -0.4 is 4.74 Å². The fourth-order valence-electron chi connectivity index (χ4n) is 1.55. The molecule has 0 aromatic heterocycles. The zero-order valence-corrected chi connectivity index (χ0v) is 11.6. The van der Waals surface area contributed by atoms with Crippen LogP contribution in [-0.2, 0) is 4.79 Å². The van der Waals surface area contributed by atoms with E-state index in [1.165, 1.54) is 4.90 Å². The first-order valence-corrected chi connectivity index (χ1v) is 6.05. The summed E-state index contributed by atoms with van der Waals surface area (Å²) < 4.78 is 5.65. The molecule has 1 aromatic carbocycles. The van der Waals surface area contributed by atoms with E-state index in [0.29, 0.717) is 10.8 Å². The van der Waals surface area contributed by atoms with Gasteiger partial charge in [0.15, 0.2) is 5.60 Å². The first-order valence-electron chi connectivity index (χ1n) is 5.68. The van der Waals surface area contributed by atoms with E-state index in [2.05, 4.69) is 0 Å². The number of hydrogen-bond donors (Lipinski definition) is 1. The fourth-order valence-corrected chi connectivity index (χ4v) is 1.68. The van der Waals surface area contributed by atoms with Gasteiger partial charge in [0, 0.05) is 18.6 Å². The van der Waals surface area contributed by atoms with Crippen molar-refractivity contribution in [2.24, 2.45) is 0 Å². The van der Waals surface area contributed by atoms with Gasteiger partial charge in [0.1, 0.15) is 5.75 Å². The molecule has 4 nitrogen and oxygen atoms in total. The van der Waals surface area contributed by atoms with Gasteiger partial charge < -0.3 is 14.7 Å². The Hall–Kier alpha value is -1.26. The van der Waals surface area contributed by atoms with Crippen molar-refractivity contribution in [3.05, 3.63) is 29.3 Å². The summed E-state index contributed by atoms with van der Waals surface area (Å²) in [6.45, 7) is 3.60. The summed E-state index contributed by atoms with van der Waals surface area (Å²) in [7, 11) is 1.63. The van der Waals surface area contributed by atoms with Gasteiger partial charge in [-0.25, -0.2) is 0 Å². The highest BCUT2D eigenvalue weighted by Crippen LogP contribution is 2.22. The summed E-state index contributed by atoms with van der Waals surface area (Å²) in [5.41, 5.74) is -0.988. The molecule has 0 aliphatic rings. The lowest BCUT2D eigenvalue weighted by molar-refractivity contribution is -0.144. The van der Waals surface area contributed by atoms with Crippen LogP contribution in [0.25, 0.3) is 0 Å². The second kappa shape index (κ2) is 6.07. The van der Waals surface area contributed by atoms with Crippen molar-refractivity contribution in [3.63, 3.8) is 0 Å². The Morgan fingerprint density at radius 3 is 2.44 bits per heavy atom. The number of likely N-dealkylation sites (N-methyl/N-ethyl adjacent to an activating group) is 1. The van der Waals surface area contributed by atoms with Gasteiger partial charge >= 0.3 is 0 Å². The molecule has 1 aromatic rings. The van der Waals surface area contributed by atoms with Gasteiger partial charge in [-0.15, -0.1) is 0 Å². The molecule has 0 aliphatic carbocycles. The second-order valence-corrected chi connectivity index (χ2v) is 4.95.